The van der Waals surface area contributed by atoms with Crippen molar-refractivity contribution in [2.24, 2.45) is 0 Å². The number of allylic oxidation sites excluding steroid dienone is 8. The molecule has 3 nitrogen and oxygen atoms in total. The van der Waals surface area contributed by atoms with E-state index in [0.29, 0.717) is 0 Å². The van der Waals surface area contributed by atoms with Gasteiger partial charge in [-0.05, 0) is 77.0 Å². The van der Waals surface area contributed by atoms with E-state index in [9.17, 15) is 0 Å². The van der Waals surface area contributed by atoms with E-state index in [1.807, 2.05) is 0 Å². The number of hydrogen-bond acceptors (Lipinski definition) is 2. The summed E-state index contributed by atoms with van der Waals surface area (Å²) >= 11 is 0. The van der Waals surface area contributed by atoms with Crippen molar-refractivity contribution in [2.75, 3.05) is 47.5 Å². The molecule has 0 aromatic carbocycles. The van der Waals surface area contributed by atoms with Gasteiger partial charge in [-0.1, -0.05) is 165 Å². The lowest BCUT2D eigenvalue weighted by atomic mass is 10.1. The molecule has 296 valence electrons. The number of hydrogen-bond donors (Lipinski definition) is 0. The fourth-order valence-corrected chi connectivity index (χ4v) is 6.22. The summed E-state index contributed by atoms with van der Waals surface area (Å²) in [5, 5.41) is 0. The van der Waals surface area contributed by atoms with Crippen LogP contribution >= 0.6 is 0 Å². The Kier molecular flexibility index (Phi) is 43.6. The minimum absolute atomic E-state index is 0. The number of ether oxygens (including phenoxy) is 2. The molecule has 0 rings (SSSR count). The van der Waals surface area contributed by atoms with Crippen LogP contribution in [-0.2, 0) is 9.47 Å². The highest BCUT2D eigenvalue weighted by molar-refractivity contribution is 4.93. The Labute approximate surface area is 321 Å². The molecule has 0 saturated heterocycles. The van der Waals surface area contributed by atoms with Crippen LogP contribution < -0.4 is 12.4 Å². The van der Waals surface area contributed by atoms with Gasteiger partial charge in [0.15, 0.2) is 0 Å². The third-order valence-electron chi connectivity index (χ3n) is 9.24. The number of rotatable bonds is 39. The molecule has 0 spiro atoms. The highest BCUT2D eigenvalue weighted by Gasteiger charge is 2.19. The molecular formula is C46H88ClNO2. The second-order valence-electron chi connectivity index (χ2n) is 15.6. The normalized spacial score (nSPS) is 13.1. The Bertz CT molecular complexity index is 754. The van der Waals surface area contributed by atoms with Crippen molar-refractivity contribution in [3.8, 4) is 0 Å². The van der Waals surface area contributed by atoms with E-state index in [0.717, 1.165) is 43.7 Å². The van der Waals surface area contributed by atoms with E-state index >= 15 is 0 Å². The van der Waals surface area contributed by atoms with E-state index < -0.39 is 0 Å². The van der Waals surface area contributed by atoms with Crippen molar-refractivity contribution in [1.29, 1.82) is 0 Å². The van der Waals surface area contributed by atoms with Crippen molar-refractivity contribution in [3.05, 3.63) is 48.6 Å². The number of halogens is 1. The van der Waals surface area contributed by atoms with Crippen molar-refractivity contribution < 1.29 is 26.4 Å². The predicted molar refractivity (Wildman–Crippen MR) is 221 cm³/mol. The first-order valence-electron chi connectivity index (χ1n) is 21.6. The lowest BCUT2D eigenvalue weighted by Gasteiger charge is -2.29. The van der Waals surface area contributed by atoms with Crippen LogP contribution in [0.3, 0.4) is 0 Å². The molecule has 0 aromatic heterocycles. The molecular weight excluding hydrogens is 634 g/mol. The first-order valence-corrected chi connectivity index (χ1v) is 21.6. The summed E-state index contributed by atoms with van der Waals surface area (Å²) in [5.41, 5.74) is 0. The standard InChI is InChI=1S/C46H88NO2.ClH/c1-6-8-10-12-14-16-18-20-22-24-26-28-30-32-34-36-38-40-42-48-45-46(44-47(3,4)5)49-43-41-39-37-35-33-31-29-27-25-23-21-19-17-15-13-11-9-7-2;/h14-17,20-23,46H,6-13,18-19,24-45H2,1-5H3;1H/q+1;/p-1/b16-14-,17-15-,22-20-,23-21-;. The van der Waals surface area contributed by atoms with Gasteiger partial charge in [-0.3, -0.25) is 0 Å². The van der Waals surface area contributed by atoms with Crippen molar-refractivity contribution in [3.63, 3.8) is 0 Å². The molecule has 0 aliphatic carbocycles. The molecule has 0 aromatic rings. The molecule has 1 unspecified atom stereocenters. The van der Waals surface area contributed by atoms with Gasteiger partial charge in [-0.15, -0.1) is 0 Å². The van der Waals surface area contributed by atoms with Gasteiger partial charge in [0.25, 0.3) is 0 Å². The molecule has 0 radical (unpaired) electrons. The molecule has 0 aliphatic rings. The van der Waals surface area contributed by atoms with E-state index in [2.05, 4.69) is 83.6 Å². The number of unbranched alkanes of at least 4 members (excludes halogenated alkanes) is 22. The summed E-state index contributed by atoms with van der Waals surface area (Å²) in [7, 11) is 6.77. The van der Waals surface area contributed by atoms with Gasteiger partial charge in [0, 0.05) is 13.2 Å². The Morgan fingerprint density at radius 3 is 1.14 bits per heavy atom. The lowest BCUT2D eigenvalue weighted by molar-refractivity contribution is -0.873. The number of nitrogens with zero attached hydrogens (tertiary/aromatic N) is 1. The molecule has 0 amide bonds. The first-order chi connectivity index (χ1) is 24.0. The fourth-order valence-electron chi connectivity index (χ4n) is 6.22. The average Bonchev–Trinajstić information content (AvgIpc) is 3.07. The lowest BCUT2D eigenvalue weighted by Crippen LogP contribution is -3.00. The molecule has 0 aliphatic heterocycles. The van der Waals surface area contributed by atoms with Crippen LogP contribution in [0.15, 0.2) is 48.6 Å². The Hall–Kier alpha value is -0.870. The van der Waals surface area contributed by atoms with Crippen LogP contribution in [0.25, 0.3) is 0 Å². The zero-order valence-electron chi connectivity index (χ0n) is 34.5. The predicted octanol–water partition coefficient (Wildman–Crippen LogP) is 11.3. The Balaban J connectivity index is 0. The summed E-state index contributed by atoms with van der Waals surface area (Å²) in [6.07, 6.45) is 55.7. The van der Waals surface area contributed by atoms with Crippen LogP contribution in [-0.4, -0.2) is 58.1 Å². The minimum Gasteiger partial charge on any atom is -1.00 e. The first kappa shape index (κ1) is 51.2. The zero-order chi connectivity index (χ0) is 35.8. The van der Waals surface area contributed by atoms with Crippen LogP contribution in [0.2, 0.25) is 0 Å². The van der Waals surface area contributed by atoms with Gasteiger partial charge in [-0.2, -0.15) is 0 Å². The Morgan fingerprint density at radius 1 is 0.420 bits per heavy atom. The molecule has 1 atom stereocenters. The largest absolute Gasteiger partial charge is 1.00 e. The summed E-state index contributed by atoms with van der Waals surface area (Å²) in [5.74, 6) is 0. The van der Waals surface area contributed by atoms with Gasteiger partial charge in [0.2, 0.25) is 0 Å². The number of quaternary nitrogens is 1. The molecule has 0 saturated carbocycles. The van der Waals surface area contributed by atoms with Crippen molar-refractivity contribution in [2.45, 2.75) is 200 Å². The Morgan fingerprint density at radius 2 is 0.760 bits per heavy atom. The monoisotopic (exact) mass is 722 g/mol. The average molecular weight is 723 g/mol. The van der Waals surface area contributed by atoms with Crippen LogP contribution in [0.5, 0.6) is 0 Å². The van der Waals surface area contributed by atoms with Crippen LogP contribution in [0.4, 0.5) is 0 Å². The third-order valence-corrected chi connectivity index (χ3v) is 9.24. The quantitative estimate of drug-likeness (QED) is 0.0357. The van der Waals surface area contributed by atoms with Gasteiger partial charge in [0.1, 0.15) is 12.6 Å². The van der Waals surface area contributed by atoms with E-state index in [4.69, 9.17) is 9.47 Å². The molecule has 0 bridgehead atoms. The highest BCUT2D eigenvalue weighted by atomic mass is 35.5. The van der Waals surface area contributed by atoms with Crippen LogP contribution in [0.1, 0.15) is 194 Å². The maximum atomic E-state index is 6.33. The summed E-state index contributed by atoms with van der Waals surface area (Å²) in [6, 6.07) is 0. The molecule has 4 heteroatoms. The maximum Gasteiger partial charge on any atom is 0.130 e. The van der Waals surface area contributed by atoms with E-state index in [1.165, 1.54) is 167 Å². The highest BCUT2D eigenvalue weighted by Crippen LogP contribution is 2.13. The van der Waals surface area contributed by atoms with Crippen molar-refractivity contribution >= 4 is 0 Å². The summed E-state index contributed by atoms with van der Waals surface area (Å²) in [6.45, 7) is 8.04. The SMILES string of the molecule is CCCCC/C=C\C/C=C\CCCCCCCCCCOCC(C[N+](C)(C)C)OCCCCCCCCCC/C=C\C/C=C\CCCCC.[Cl-]. The molecule has 0 fully saturated rings. The second kappa shape index (κ2) is 42.5. The van der Waals surface area contributed by atoms with Gasteiger partial charge in [-0.25, -0.2) is 0 Å². The van der Waals surface area contributed by atoms with Gasteiger partial charge < -0.3 is 26.4 Å². The third kappa shape index (κ3) is 45.2. The van der Waals surface area contributed by atoms with E-state index in [-0.39, 0.29) is 18.5 Å². The zero-order valence-corrected chi connectivity index (χ0v) is 35.2. The van der Waals surface area contributed by atoms with Crippen molar-refractivity contribution in [1.82, 2.24) is 0 Å². The topological polar surface area (TPSA) is 18.5 Å². The minimum atomic E-state index is 0. The summed E-state index contributed by atoms with van der Waals surface area (Å²) in [4.78, 5) is 0. The summed E-state index contributed by atoms with van der Waals surface area (Å²) < 4.78 is 13.4. The molecule has 50 heavy (non-hydrogen) atoms. The molecule has 0 N–H and O–H groups in total. The maximum absolute atomic E-state index is 6.33. The van der Waals surface area contributed by atoms with Crippen LogP contribution in [0, 0.1) is 0 Å². The number of likely N-dealkylation sites (N-methyl/N-ethyl adjacent to an activating group) is 1. The molecule has 0 heterocycles. The van der Waals surface area contributed by atoms with Gasteiger partial charge >= 0.3 is 0 Å². The fraction of sp³-hybridized carbons (Fsp3) is 0.826. The smallest absolute Gasteiger partial charge is 0.130 e. The van der Waals surface area contributed by atoms with Gasteiger partial charge in [0.05, 0.1) is 27.7 Å². The second-order valence-corrected chi connectivity index (χ2v) is 15.6. The van der Waals surface area contributed by atoms with E-state index in [1.54, 1.807) is 0 Å².